The summed E-state index contributed by atoms with van der Waals surface area (Å²) in [5.41, 5.74) is 1.99. The highest BCUT2D eigenvalue weighted by atomic mass is 35.5. The minimum absolute atomic E-state index is 0.246. The molecule has 24 heavy (non-hydrogen) atoms. The van der Waals surface area contributed by atoms with Gasteiger partial charge < -0.3 is 0 Å². The lowest BCUT2D eigenvalue weighted by Crippen LogP contribution is -2.57. The van der Waals surface area contributed by atoms with E-state index in [9.17, 15) is 9.59 Å². The van der Waals surface area contributed by atoms with E-state index in [1.807, 2.05) is 36.0 Å². The normalized spacial score (nSPS) is 20.0. The van der Waals surface area contributed by atoms with Crippen molar-refractivity contribution in [3.63, 3.8) is 0 Å². The Morgan fingerprint density at radius 3 is 2.67 bits per heavy atom. The fourth-order valence-electron chi connectivity index (χ4n) is 3.23. The molecule has 1 unspecified atom stereocenters. The number of allylic oxidation sites excluding steroid dienone is 1. The van der Waals surface area contributed by atoms with Gasteiger partial charge in [-0.3, -0.25) is 14.6 Å². The van der Waals surface area contributed by atoms with Crippen LogP contribution in [0.4, 0.5) is 10.7 Å². The van der Waals surface area contributed by atoms with Gasteiger partial charge in [0.1, 0.15) is 11.4 Å². The van der Waals surface area contributed by atoms with Crippen molar-refractivity contribution in [3.05, 3.63) is 23.5 Å². The van der Waals surface area contributed by atoms with Gasteiger partial charge >= 0.3 is 12.0 Å². The van der Waals surface area contributed by atoms with Crippen molar-refractivity contribution in [2.45, 2.75) is 33.4 Å². The largest absolute Gasteiger partial charge is 0.402 e. The maximum atomic E-state index is 13.0. The predicted molar refractivity (Wildman–Crippen MR) is 90.6 cm³/mol. The summed E-state index contributed by atoms with van der Waals surface area (Å²) in [6, 6.07) is -0.944. The first kappa shape index (κ1) is 16.7. The van der Waals surface area contributed by atoms with Crippen LogP contribution in [0.5, 0.6) is 0 Å². The highest BCUT2D eigenvalue weighted by Gasteiger charge is 2.53. The van der Waals surface area contributed by atoms with E-state index < -0.39 is 6.04 Å². The number of rotatable bonds is 4. The van der Waals surface area contributed by atoms with Crippen LogP contribution in [0.15, 0.2) is 17.1 Å². The molecule has 0 saturated carbocycles. The standard InChI is InChI=1S/C16H21ClN5O2/c1-5-6-8-21-14(23)12-13(19(4)16(21)24)18-15-20(9-7-17)10(2)11(3)22(12)15/h5-6,12H,7-9H2,1-4H3/q+1/b6-5+. The van der Waals surface area contributed by atoms with E-state index >= 15 is 0 Å². The van der Waals surface area contributed by atoms with Gasteiger partial charge in [0.25, 0.3) is 5.91 Å². The van der Waals surface area contributed by atoms with E-state index in [0.29, 0.717) is 24.2 Å². The summed E-state index contributed by atoms with van der Waals surface area (Å²) in [6.45, 7) is 6.68. The van der Waals surface area contributed by atoms with Crippen LogP contribution >= 0.6 is 11.6 Å². The third kappa shape index (κ3) is 2.18. The number of imidazole rings is 1. The number of likely N-dealkylation sites (N-methyl/N-ethyl adjacent to an activating group) is 1. The summed E-state index contributed by atoms with van der Waals surface area (Å²) in [4.78, 5) is 32.8. The minimum atomic E-state index is -0.594. The SMILES string of the molecule is C/C=C/CN1C(=O)C2C(=Nc3n2c(C)c(C)[n+]3CCCl)N(C)C1=O. The summed E-state index contributed by atoms with van der Waals surface area (Å²) < 4.78 is 3.90. The Kier molecular flexibility index (Phi) is 4.21. The molecule has 1 aromatic heterocycles. The van der Waals surface area contributed by atoms with Crippen LogP contribution in [0.25, 0.3) is 0 Å². The van der Waals surface area contributed by atoms with Gasteiger partial charge in [-0.2, -0.15) is 0 Å². The topological polar surface area (TPSA) is 61.8 Å². The molecule has 8 heteroatoms. The average Bonchev–Trinajstić information content (AvgIpc) is 3.05. The van der Waals surface area contributed by atoms with Crippen molar-refractivity contribution in [1.29, 1.82) is 0 Å². The molecule has 0 aliphatic carbocycles. The van der Waals surface area contributed by atoms with Gasteiger partial charge in [-0.25, -0.2) is 13.9 Å². The van der Waals surface area contributed by atoms with Crippen LogP contribution < -0.4 is 4.57 Å². The highest BCUT2D eigenvalue weighted by molar-refractivity contribution is 6.20. The zero-order valence-electron chi connectivity index (χ0n) is 14.3. The Labute approximate surface area is 145 Å². The van der Waals surface area contributed by atoms with Crippen molar-refractivity contribution < 1.29 is 14.2 Å². The van der Waals surface area contributed by atoms with Crippen LogP contribution in [0.3, 0.4) is 0 Å². The Morgan fingerprint density at radius 1 is 1.33 bits per heavy atom. The second kappa shape index (κ2) is 6.05. The van der Waals surface area contributed by atoms with Gasteiger partial charge in [-0.05, 0) is 20.8 Å². The van der Waals surface area contributed by atoms with Crippen LogP contribution in [0.2, 0.25) is 0 Å². The second-order valence-corrected chi connectivity index (χ2v) is 6.29. The molecule has 0 aromatic carbocycles. The molecule has 7 nitrogen and oxygen atoms in total. The minimum Gasteiger partial charge on any atom is -0.270 e. The number of hydrogen-bond donors (Lipinski definition) is 0. The van der Waals surface area contributed by atoms with E-state index in [4.69, 9.17) is 11.6 Å². The summed E-state index contributed by atoms with van der Waals surface area (Å²) in [6.07, 6.45) is 3.62. The molecule has 3 rings (SSSR count). The van der Waals surface area contributed by atoms with Gasteiger partial charge in [0, 0.05) is 13.6 Å². The number of aliphatic imine (C=N–C) groups is 1. The number of alkyl halides is 1. The highest BCUT2D eigenvalue weighted by Crippen LogP contribution is 2.35. The number of carbonyl (C=O) groups is 2. The van der Waals surface area contributed by atoms with Crippen LogP contribution in [-0.4, -0.2) is 51.6 Å². The zero-order valence-corrected chi connectivity index (χ0v) is 15.0. The van der Waals surface area contributed by atoms with Gasteiger partial charge in [-0.15, -0.1) is 11.6 Å². The average molecular weight is 351 g/mol. The molecule has 0 bridgehead atoms. The molecule has 1 fully saturated rings. The van der Waals surface area contributed by atoms with Crippen molar-refractivity contribution in [2.75, 3.05) is 19.5 Å². The van der Waals surface area contributed by atoms with E-state index in [0.717, 1.165) is 11.4 Å². The van der Waals surface area contributed by atoms with Crippen LogP contribution in [-0.2, 0) is 11.3 Å². The van der Waals surface area contributed by atoms with Gasteiger partial charge in [0.2, 0.25) is 11.9 Å². The smallest absolute Gasteiger partial charge is 0.270 e. The number of halogens is 1. The summed E-state index contributed by atoms with van der Waals surface area (Å²) in [5, 5.41) is 0. The fraction of sp³-hybridized carbons (Fsp3) is 0.500. The molecule has 0 spiro atoms. The zero-order chi connectivity index (χ0) is 17.6. The maximum Gasteiger partial charge on any atom is 0.402 e. The first-order valence-corrected chi connectivity index (χ1v) is 8.43. The van der Waals surface area contributed by atoms with Gasteiger partial charge in [-0.1, -0.05) is 17.1 Å². The Morgan fingerprint density at radius 2 is 2.04 bits per heavy atom. The molecule has 1 atom stereocenters. The number of aromatic nitrogens is 2. The van der Waals surface area contributed by atoms with Gasteiger partial charge in [0.15, 0.2) is 0 Å². The molecule has 0 radical (unpaired) electrons. The number of amidine groups is 1. The Hall–Kier alpha value is -2.15. The number of carbonyl (C=O) groups excluding carboxylic acids is 2. The van der Waals surface area contributed by atoms with Gasteiger partial charge in [0.05, 0.1) is 12.4 Å². The molecular weight excluding hydrogens is 330 g/mol. The third-order valence-electron chi connectivity index (χ3n) is 4.66. The molecule has 3 amide bonds. The molecule has 1 saturated heterocycles. The second-order valence-electron chi connectivity index (χ2n) is 5.91. The van der Waals surface area contributed by atoms with Crippen molar-refractivity contribution in [2.24, 2.45) is 4.99 Å². The Balaban J connectivity index is 2.12. The molecule has 128 valence electrons. The predicted octanol–water partition coefficient (Wildman–Crippen LogP) is 1.69. The Bertz CT molecular complexity index is 780. The first-order chi connectivity index (χ1) is 11.4. The number of amides is 3. The summed E-state index contributed by atoms with van der Waals surface area (Å²) >= 11 is 5.91. The number of nitrogens with zero attached hydrogens (tertiary/aromatic N) is 5. The molecule has 2 aliphatic heterocycles. The summed E-state index contributed by atoms with van der Waals surface area (Å²) in [5.74, 6) is 1.35. The van der Waals surface area contributed by atoms with Crippen LogP contribution in [0, 0.1) is 13.8 Å². The number of hydrogen-bond acceptors (Lipinski definition) is 3. The maximum absolute atomic E-state index is 13.0. The van der Waals surface area contributed by atoms with E-state index in [-0.39, 0.29) is 18.5 Å². The van der Waals surface area contributed by atoms with Crippen molar-refractivity contribution in [1.82, 2.24) is 14.4 Å². The number of fused-ring (bicyclic) bond motifs is 3. The molecule has 1 aromatic rings. The molecular formula is C16H21ClN5O2+. The first-order valence-electron chi connectivity index (χ1n) is 7.90. The molecule has 0 N–H and O–H groups in total. The monoisotopic (exact) mass is 350 g/mol. The third-order valence-corrected chi connectivity index (χ3v) is 4.83. The van der Waals surface area contributed by atoms with E-state index in [2.05, 4.69) is 4.99 Å². The fourth-order valence-corrected chi connectivity index (χ4v) is 3.40. The van der Waals surface area contributed by atoms with Crippen molar-refractivity contribution >= 4 is 35.3 Å². The van der Waals surface area contributed by atoms with Crippen molar-refractivity contribution in [3.8, 4) is 0 Å². The van der Waals surface area contributed by atoms with E-state index in [1.165, 1.54) is 9.80 Å². The van der Waals surface area contributed by atoms with E-state index in [1.54, 1.807) is 13.1 Å². The number of urea groups is 1. The lowest BCUT2D eigenvalue weighted by Gasteiger charge is -2.32. The quantitative estimate of drug-likeness (QED) is 0.471. The lowest BCUT2D eigenvalue weighted by molar-refractivity contribution is -0.684. The molecule has 2 aliphatic rings. The van der Waals surface area contributed by atoms with Crippen LogP contribution in [0.1, 0.15) is 24.4 Å². The molecule has 3 heterocycles. The number of imide groups is 1. The summed E-state index contributed by atoms with van der Waals surface area (Å²) in [7, 11) is 1.66. The lowest BCUT2D eigenvalue weighted by atomic mass is 10.1.